The van der Waals surface area contributed by atoms with Crippen molar-refractivity contribution in [3.63, 3.8) is 0 Å². The van der Waals surface area contributed by atoms with Crippen LogP contribution < -0.4 is 14.4 Å². The molecule has 1 fully saturated rings. The van der Waals surface area contributed by atoms with Gasteiger partial charge in [0.05, 0.1) is 30.8 Å². The van der Waals surface area contributed by atoms with Crippen molar-refractivity contribution in [1.29, 1.82) is 0 Å². The minimum atomic E-state index is -0.353. The van der Waals surface area contributed by atoms with Crippen LogP contribution in [0.1, 0.15) is 60.3 Å². The molecule has 2 heterocycles. The third kappa shape index (κ3) is 5.32. The number of aromatic nitrogens is 1. The van der Waals surface area contributed by atoms with E-state index in [4.69, 9.17) is 9.47 Å². The topological polar surface area (TPSA) is 64.0 Å². The van der Waals surface area contributed by atoms with Crippen molar-refractivity contribution >= 4 is 17.5 Å². The second kappa shape index (κ2) is 11.5. The molecule has 1 unspecified atom stereocenters. The van der Waals surface area contributed by atoms with E-state index in [1.165, 1.54) is 0 Å². The average molecular weight is 550 g/mol. The van der Waals surface area contributed by atoms with E-state index >= 15 is 0 Å². The molecule has 0 bridgehead atoms. The van der Waals surface area contributed by atoms with Crippen molar-refractivity contribution in [3.8, 4) is 17.2 Å². The molecule has 2 amide bonds. The molecule has 6 rings (SSSR count). The van der Waals surface area contributed by atoms with Gasteiger partial charge in [-0.3, -0.25) is 14.5 Å². The summed E-state index contributed by atoms with van der Waals surface area (Å²) in [6, 6.07) is 26.8. The van der Waals surface area contributed by atoms with Crippen LogP contribution in [0.5, 0.6) is 11.5 Å². The molecule has 1 aliphatic carbocycles. The van der Waals surface area contributed by atoms with Gasteiger partial charge in [0.1, 0.15) is 24.1 Å². The summed E-state index contributed by atoms with van der Waals surface area (Å²) in [5.74, 6) is 1.26. The fraction of sp³-hybridized carbons (Fsp3) is 0.294. The minimum absolute atomic E-state index is 0.0000506. The Morgan fingerprint density at radius 2 is 1.59 bits per heavy atom. The maximum atomic E-state index is 14.4. The van der Waals surface area contributed by atoms with Crippen molar-refractivity contribution in [2.75, 3.05) is 25.2 Å². The number of anilines is 1. The molecule has 1 aliphatic heterocycles. The summed E-state index contributed by atoms with van der Waals surface area (Å²) in [4.78, 5) is 31.7. The Balaban J connectivity index is 1.31. The second-order valence-electron chi connectivity index (χ2n) is 10.6. The first-order valence-corrected chi connectivity index (χ1v) is 14.4. The number of benzene rings is 3. The predicted molar refractivity (Wildman–Crippen MR) is 159 cm³/mol. The van der Waals surface area contributed by atoms with Gasteiger partial charge in [-0.1, -0.05) is 37.6 Å². The number of fused-ring (bicyclic) bond motifs is 3. The van der Waals surface area contributed by atoms with Gasteiger partial charge in [0, 0.05) is 17.8 Å². The van der Waals surface area contributed by atoms with E-state index in [2.05, 4.69) is 17.6 Å². The summed E-state index contributed by atoms with van der Waals surface area (Å²) in [7, 11) is 1.64. The van der Waals surface area contributed by atoms with Crippen LogP contribution in [-0.4, -0.2) is 47.6 Å². The number of amides is 2. The van der Waals surface area contributed by atoms with Crippen LogP contribution in [0.15, 0.2) is 91.1 Å². The number of hydrogen-bond acceptors (Lipinski definition) is 4. The summed E-state index contributed by atoms with van der Waals surface area (Å²) in [5.41, 5.74) is 4.28. The number of ether oxygens (including phenoxy) is 2. The molecule has 0 N–H and O–H groups in total. The molecule has 41 heavy (non-hydrogen) atoms. The summed E-state index contributed by atoms with van der Waals surface area (Å²) in [6.07, 6.45) is 5.88. The Hall–Kier alpha value is -4.52. The van der Waals surface area contributed by atoms with Gasteiger partial charge in [-0.05, 0) is 85.5 Å². The lowest BCUT2D eigenvalue weighted by Gasteiger charge is -2.39. The van der Waals surface area contributed by atoms with Crippen molar-refractivity contribution in [2.24, 2.45) is 0 Å². The van der Waals surface area contributed by atoms with Crippen molar-refractivity contribution in [3.05, 3.63) is 108 Å². The Bertz CT molecular complexity index is 1520. The lowest BCUT2D eigenvalue weighted by molar-refractivity contribution is -0.119. The van der Waals surface area contributed by atoms with Gasteiger partial charge >= 0.3 is 0 Å². The highest BCUT2D eigenvalue weighted by Gasteiger charge is 2.40. The van der Waals surface area contributed by atoms with Crippen molar-refractivity contribution < 1.29 is 19.1 Å². The van der Waals surface area contributed by atoms with Gasteiger partial charge in [0.25, 0.3) is 5.91 Å². The number of unbranched alkanes of at least 4 members (excludes halogenated alkanes) is 1. The quantitative estimate of drug-likeness (QED) is 0.215. The Morgan fingerprint density at radius 3 is 2.27 bits per heavy atom. The van der Waals surface area contributed by atoms with Crippen LogP contribution in [0.3, 0.4) is 0 Å². The zero-order valence-corrected chi connectivity index (χ0v) is 23.5. The summed E-state index contributed by atoms with van der Waals surface area (Å²) >= 11 is 0. The van der Waals surface area contributed by atoms with E-state index in [1.54, 1.807) is 24.1 Å². The predicted octanol–water partition coefficient (Wildman–Crippen LogP) is 6.41. The van der Waals surface area contributed by atoms with Gasteiger partial charge < -0.3 is 18.9 Å². The highest BCUT2D eigenvalue weighted by molar-refractivity contribution is 6.03. The third-order valence-electron chi connectivity index (χ3n) is 7.84. The minimum Gasteiger partial charge on any atom is -0.497 e. The second-order valence-corrected chi connectivity index (χ2v) is 10.6. The van der Waals surface area contributed by atoms with Crippen molar-refractivity contribution in [2.45, 2.75) is 44.7 Å². The van der Waals surface area contributed by atoms with E-state index in [0.717, 1.165) is 59.8 Å². The molecular weight excluding hydrogens is 514 g/mol. The van der Waals surface area contributed by atoms with Gasteiger partial charge in [-0.15, -0.1) is 0 Å². The Kier molecular flexibility index (Phi) is 7.51. The summed E-state index contributed by atoms with van der Waals surface area (Å²) < 4.78 is 13.3. The zero-order chi connectivity index (χ0) is 28.3. The van der Waals surface area contributed by atoms with Crippen LogP contribution in [0, 0.1) is 0 Å². The number of para-hydroxylation sites is 2. The van der Waals surface area contributed by atoms with E-state index in [0.29, 0.717) is 12.2 Å². The average Bonchev–Trinajstić information content (AvgIpc) is 3.74. The lowest BCUT2D eigenvalue weighted by Crippen LogP contribution is -2.47. The van der Waals surface area contributed by atoms with E-state index in [-0.39, 0.29) is 30.4 Å². The first-order valence-electron chi connectivity index (χ1n) is 14.4. The maximum absolute atomic E-state index is 14.4. The van der Waals surface area contributed by atoms with E-state index in [9.17, 15) is 9.59 Å². The zero-order valence-electron chi connectivity index (χ0n) is 23.5. The normalized spacial score (nSPS) is 15.6. The fourth-order valence-corrected chi connectivity index (χ4v) is 5.53. The van der Waals surface area contributed by atoms with Crippen LogP contribution in [0.4, 0.5) is 5.69 Å². The van der Waals surface area contributed by atoms with Crippen molar-refractivity contribution in [1.82, 2.24) is 9.47 Å². The number of hydrogen-bond donors (Lipinski definition) is 0. The summed E-state index contributed by atoms with van der Waals surface area (Å²) in [5, 5.41) is 0. The van der Waals surface area contributed by atoms with Gasteiger partial charge in [-0.25, -0.2) is 0 Å². The number of carbonyl (C=O) groups is 2. The number of methoxy groups -OCH3 is 1. The molecule has 210 valence electrons. The van der Waals surface area contributed by atoms with Gasteiger partial charge in [-0.2, -0.15) is 0 Å². The van der Waals surface area contributed by atoms with E-state index < -0.39 is 0 Å². The molecule has 0 radical (unpaired) electrons. The molecular formula is C34H35N3O4. The number of nitrogens with zero attached hydrogens (tertiary/aromatic N) is 3. The molecule has 0 saturated heterocycles. The smallest absolute Gasteiger partial charge is 0.254 e. The van der Waals surface area contributed by atoms with Crippen LogP contribution in [0.25, 0.3) is 5.69 Å². The molecule has 1 saturated carbocycles. The fourth-order valence-electron chi connectivity index (χ4n) is 5.53. The highest BCUT2D eigenvalue weighted by atomic mass is 16.5. The molecule has 0 spiro atoms. The molecule has 1 atom stereocenters. The van der Waals surface area contributed by atoms with Gasteiger partial charge in [0.2, 0.25) is 5.91 Å². The molecule has 2 aliphatic rings. The molecule has 7 nitrogen and oxygen atoms in total. The molecule has 7 heteroatoms. The van der Waals surface area contributed by atoms with Crippen LogP contribution >= 0.6 is 0 Å². The van der Waals surface area contributed by atoms with Gasteiger partial charge in [0.15, 0.2) is 0 Å². The third-order valence-corrected chi connectivity index (χ3v) is 7.84. The lowest BCUT2D eigenvalue weighted by atomic mass is 9.97. The largest absolute Gasteiger partial charge is 0.497 e. The molecule has 4 aromatic rings. The first-order chi connectivity index (χ1) is 20.1. The van der Waals surface area contributed by atoms with Crippen LogP contribution in [0.2, 0.25) is 0 Å². The first kappa shape index (κ1) is 26.7. The molecule has 3 aromatic carbocycles. The summed E-state index contributed by atoms with van der Waals surface area (Å²) in [6.45, 7) is 2.78. The monoisotopic (exact) mass is 549 g/mol. The number of rotatable bonds is 10. The standard InChI is InChI=1S/C34H35N3O4/c1-3-4-22-41-28-19-13-25(14-20-28)34(39)36(26-15-16-26)23-32(38)37-30-9-6-5-8-29(30)35-21-7-10-31(35)33(37)24-11-17-27(40-2)18-12-24/h5-14,17-21,26,33H,3-4,15-16,22-23H2,1-2H3. The highest BCUT2D eigenvalue weighted by Crippen LogP contribution is 2.43. The Labute approximate surface area is 240 Å². The van der Waals surface area contributed by atoms with Crippen LogP contribution in [-0.2, 0) is 4.79 Å². The van der Waals surface area contributed by atoms with E-state index in [1.807, 2.05) is 77.8 Å². The SMILES string of the molecule is CCCCOc1ccc(C(=O)N(CC(=O)N2c3ccccc3-n3cccc3C2c2ccc(OC)cc2)C2CC2)cc1. The number of carbonyl (C=O) groups excluding carboxylic acids is 2. The maximum Gasteiger partial charge on any atom is 0.254 e. The Morgan fingerprint density at radius 1 is 0.878 bits per heavy atom. The molecule has 1 aromatic heterocycles.